The third kappa shape index (κ3) is 3.18. The second-order valence-electron chi connectivity index (χ2n) is 4.00. The quantitative estimate of drug-likeness (QED) is 0.933. The monoisotopic (exact) mass is 296 g/mol. The van der Waals surface area contributed by atoms with Crippen LogP contribution in [0.2, 0.25) is 10.0 Å². The van der Waals surface area contributed by atoms with Gasteiger partial charge in [0.1, 0.15) is 5.75 Å². The van der Waals surface area contributed by atoms with Crippen LogP contribution in [-0.4, -0.2) is 11.6 Å². The molecule has 0 amide bonds. The van der Waals surface area contributed by atoms with Gasteiger partial charge < -0.3 is 10.5 Å². The predicted molar refractivity (Wildman–Crippen MR) is 77.9 cm³/mol. The van der Waals surface area contributed by atoms with Crippen LogP contribution in [-0.2, 0) is 0 Å². The van der Waals surface area contributed by atoms with Crippen molar-refractivity contribution >= 4 is 23.2 Å². The van der Waals surface area contributed by atoms with Crippen molar-refractivity contribution in [3.63, 3.8) is 0 Å². The molecule has 2 N–H and O–H groups in total. The van der Waals surface area contributed by atoms with Gasteiger partial charge in [-0.2, -0.15) is 0 Å². The van der Waals surface area contributed by atoms with Crippen molar-refractivity contribution in [2.45, 2.75) is 13.0 Å². The molecule has 1 unspecified atom stereocenters. The Balaban J connectivity index is 2.38. The Morgan fingerprint density at radius 3 is 2.58 bits per heavy atom. The van der Waals surface area contributed by atoms with Crippen LogP contribution in [0.25, 0.3) is 0 Å². The molecule has 0 aliphatic heterocycles. The lowest BCUT2D eigenvalue weighted by atomic mass is 10.0. The molecule has 0 fully saturated rings. The van der Waals surface area contributed by atoms with Crippen LogP contribution in [0.15, 0.2) is 36.7 Å². The van der Waals surface area contributed by atoms with E-state index in [9.17, 15) is 0 Å². The minimum absolute atomic E-state index is 0.436. The maximum atomic E-state index is 6.22. The molecule has 1 atom stereocenters. The maximum Gasteiger partial charge on any atom is 0.137 e. The number of nitrogens with zero attached hydrogens (tertiary/aromatic N) is 1. The lowest BCUT2D eigenvalue weighted by Gasteiger charge is -2.16. The van der Waals surface area contributed by atoms with Gasteiger partial charge >= 0.3 is 0 Å². The summed E-state index contributed by atoms with van der Waals surface area (Å²) in [6.07, 6.45) is 3.33. The molecule has 5 heteroatoms. The van der Waals surface area contributed by atoms with Gasteiger partial charge in [-0.3, -0.25) is 4.98 Å². The van der Waals surface area contributed by atoms with E-state index >= 15 is 0 Å². The summed E-state index contributed by atoms with van der Waals surface area (Å²) in [5, 5.41) is 1.09. The Bertz CT molecular complexity index is 555. The average molecular weight is 297 g/mol. The average Bonchev–Trinajstić information content (AvgIpc) is 2.39. The van der Waals surface area contributed by atoms with E-state index in [4.69, 9.17) is 33.7 Å². The SMILES string of the molecule is CCOc1cncc(C(N)c2c(Cl)cccc2Cl)c1. The summed E-state index contributed by atoms with van der Waals surface area (Å²) in [7, 11) is 0. The Kier molecular flexibility index (Phi) is 4.64. The number of nitrogens with two attached hydrogens (primary N) is 1. The fraction of sp³-hybridized carbons (Fsp3) is 0.214. The molecule has 0 bridgehead atoms. The molecule has 1 aromatic carbocycles. The molecule has 0 radical (unpaired) electrons. The van der Waals surface area contributed by atoms with E-state index < -0.39 is 6.04 Å². The maximum absolute atomic E-state index is 6.22. The lowest BCUT2D eigenvalue weighted by molar-refractivity contribution is 0.338. The zero-order chi connectivity index (χ0) is 13.8. The molecule has 0 spiro atoms. The molecule has 0 aliphatic carbocycles. The molecule has 2 rings (SSSR count). The van der Waals surface area contributed by atoms with E-state index in [0.717, 1.165) is 5.56 Å². The molecule has 1 heterocycles. The number of benzene rings is 1. The second kappa shape index (κ2) is 6.24. The summed E-state index contributed by atoms with van der Waals surface area (Å²) in [5.74, 6) is 0.679. The molecule has 0 aliphatic rings. The summed E-state index contributed by atoms with van der Waals surface area (Å²) in [6.45, 7) is 2.49. The Hall–Kier alpha value is -1.29. The van der Waals surface area contributed by atoms with Crippen molar-refractivity contribution in [1.29, 1.82) is 0 Å². The highest BCUT2D eigenvalue weighted by atomic mass is 35.5. The first-order valence-corrected chi connectivity index (χ1v) is 6.66. The summed E-state index contributed by atoms with van der Waals surface area (Å²) >= 11 is 12.3. The van der Waals surface area contributed by atoms with Crippen molar-refractivity contribution in [2.75, 3.05) is 6.61 Å². The van der Waals surface area contributed by atoms with Crippen LogP contribution in [0.4, 0.5) is 0 Å². The predicted octanol–water partition coefficient (Wildman–Crippen LogP) is 3.84. The number of rotatable bonds is 4. The van der Waals surface area contributed by atoms with Gasteiger partial charge in [0.25, 0.3) is 0 Å². The van der Waals surface area contributed by atoms with Gasteiger partial charge in [-0.15, -0.1) is 0 Å². The number of ether oxygens (including phenoxy) is 1. The summed E-state index contributed by atoms with van der Waals surface area (Å²) in [5.41, 5.74) is 7.72. The van der Waals surface area contributed by atoms with Crippen molar-refractivity contribution < 1.29 is 4.74 Å². The molecular formula is C14H14Cl2N2O. The highest BCUT2D eigenvalue weighted by molar-refractivity contribution is 6.36. The van der Waals surface area contributed by atoms with Crippen LogP contribution >= 0.6 is 23.2 Å². The van der Waals surface area contributed by atoms with Gasteiger partial charge in [0, 0.05) is 21.8 Å². The van der Waals surface area contributed by atoms with Gasteiger partial charge in [0.05, 0.1) is 18.8 Å². The minimum Gasteiger partial charge on any atom is -0.492 e. The highest BCUT2D eigenvalue weighted by Crippen LogP contribution is 2.33. The van der Waals surface area contributed by atoms with Gasteiger partial charge in [0.2, 0.25) is 0 Å². The van der Waals surface area contributed by atoms with Crippen LogP contribution in [0.3, 0.4) is 0 Å². The molecule has 1 aromatic heterocycles. The molecular weight excluding hydrogens is 283 g/mol. The Morgan fingerprint density at radius 1 is 1.26 bits per heavy atom. The van der Waals surface area contributed by atoms with Crippen LogP contribution < -0.4 is 10.5 Å². The largest absolute Gasteiger partial charge is 0.492 e. The first-order valence-electron chi connectivity index (χ1n) is 5.90. The summed E-state index contributed by atoms with van der Waals surface area (Å²) in [6, 6.07) is 6.73. The molecule has 2 aromatic rings. The number of aromatic nitrogens is 1. The van der Waals surface area contributed by atoms with Crippen molar-refractivity contribution in [3.05, 3.63) is 57.8 Å². The van der Waals surface area contributed by atoms with Crippen molar-refractivity contribution in [2.24, 2.45) is 5.73 Å². The zero-order valence-corrected chi connectivity index (χ0v) is 11.9. The number of hydrogen-bond donors (Lipinski definition) is 1. The van der Waals surface area contributed by atoms with Gasteiger partial charge in [-0.1, -0.05) is 29.3 Å². The van der Waals surface area contributed by atoms with Gasteiger partial charge in [0.15, 0.2) is 0 Å². The number of hydrogen-bond acceptors (Lipinski definition) is 3. The van der Waals surface area contributed by atoms with E-state index in [1.165, 1.54) is 0 Å². The first kappa shape index (κ1) is 14.1. The van der Waals surface area contributed by atoms with Crippen LogP contribution in [0.5, 0.6) is 5.75 Å². The third-order valence-electron chi connectivity index (χ3n) is 2.72. The topological polar surface area (TPSA) is 48.1 Å². The number of pyridine rings is 1. The highest BCUT2D eigenvalue weighted by Gasteiger charge is 2.16. The molecule has 3 nitrogen and oxygen atoms in total. The molecule has 0 saturated heterocycles. The van der Waals surface area contributed by atoms with E-state index in [0.29, 0.717) is 28.0 Å². The molecule has 0 saturated carbocycles. The zero-order valence-electron chi connectivity index (χ0n) is 10.4. The fourth-order valence-electron chi connectivity index (χ4n) is 1.83. The molecule has 100 valence electrons. The van der Waals surface area contributed by atoms with Crippen LogP contribution in [0.1, 0.15) is 24.1 Å². The fourth-order valence-corrected chi connectivity index (χ4v) is 2.46. The van der Waals surface area contributed by atoms with Crippen LogP contribution in [0, 0.1) is 0 Å². The van der Waals surface area contributed by atoms with Crippen molar-refractivity contribution in [1.82, 2.24) is 4.98 Å². The standard InChI is InChI=1S/C14H14Cl2N2O/c1-2-19-10-6-9(7-18-8-10)14(17)13-11(15)4-3-5-12(13)16/h3-8,14H,2,17H2,1H3. The molecule has 19 heavy (non-hydrogen) atoms. The third-order valence-corrected chi connectivity index (χ3v) is 3.37. The number of halogens is 2. The van der Waals surface area contributed by atoms with E-state index in [-0.39, 0.29) is 0 Å². The minimum atomic E-state index is -0.436. The normalized spacial score (nSPS) is 12.2. The van der Waals surface area contributed by atoms with Crippen molar-refractivity contribution in [3.8, 4) is 5.75 Å². The Morgan fingerprint density at radius 2 is 1.95 bits per heavy atom. The van der Waals surface area contributed by atoms with Gasteiger partial charge in [-0.05, 0) is 30.7 Å². The smallest absolute Gasteiger partial charge is 0.137 e. The van der Waals surface area contributed by atoms with Gasteiger partial charge in [-0.25, -0.2) is 0 Å². The second-order valence-corrected chi connectivity index (χ2v) is 4.81. The summed E-state index contributed by atoms with van der Waals surface area (Å²) in [4.78, 5) is 4.12. The Labute approximate surface area is 122 Å². The summed E-state index contributed by atoms with van der Waals surface area (Å²) < 4.78 is 5.41. The van der Waals surface area contributed by atoms with E-state index in [1.54, 1.807) is 30.6 Å². The van der Waals surface area contributed by atoms with E-state index in [2.05, 4.69) is 4.98 Å². The first-order chi connectivity index (χ1) is 9.13. The lowest BCUT2D eigenvalue weighted by Crippen LogP contribution is -2.13. The van der Waals surface area contributed by atoms with E-state index in [1.807, 2.05) is 13.0 Å².